The Labute approximate surface area is 58.9 Å². The molecule has 0 aromatic heterocycles. The Morgan fingerprint density at radius 3 is 3.00 bits per heavy atom. The highest BCUT2D eigenvalue weighted by Crippen LogP contribution is 2.07. The number of carboxylic acids is 1. The van der Waals surface area contributed by atoms with Crippen LogP contribution in [0.2, 0.25) is 0 Å². The second kappa shape index (κ2) is 2.60. The molecule has 0 unspecified atom stereocenters. The molecular weight excluding hydrogens is 132 g/mol. The van der Waals surface area contributed by atoms with Crippen molar-refractivity contribution < 1.29 is 9.90 Å². The summed E-state index contributed by atoms with van der Waals surface area (Å²) in [5.74, 6) is -0.249. The van der Waals surface area contributed by atoms with Crippen molar-refractivity contribution in [3.63, 3.8) is 0 Å². The summed E-state index contributed by atoms with van der Waals surface area (Å²) in [5, 5.41) is 8.37. The molecule has 1 rings (SSSR count). The molecule has 56 valence electrons. The van der Waals surface area contributed by atoms with Crippen LogP contribution in [0.4, 0.5) is 0 Å². The van der Waals surface area contributed by atoms with Crippen molar-refractivity contribution in [2.45, 2.75) is 6.42 Å². The van der Waals surface area contributed by atoms with Gasteiger partial charge in [-0.15, -0.1) is 0 Å². The van der Waals surface area contributed by atoms with Crippen molar-refractivity contribution in [1.82, 2.24) is 4.90 Å². The molecule has 0 aliphatic carbocycles. The Bertz CT molecular complexity index is 177. The highest BCUT2D eigenvalue weighted by molar-refractivity contribution is 5.69. The summed E-state index contributed by atoms with van der Waals surface area (Å²) >= 11 is 0. The summed E-state index contributed by atoms with van der Waals surface area (Å²) in [6.07, 6.45) is 2.70. The van der Waals surface area contributed by atoms with Gasteiger partial charge in [0.25, 0.3) is 0 Å². The van der Waals surface area contributed by atoms with Crippen LogP contribution in [0.1, 0.15) is 6.42 Å². The fourth-order valence-corrected chi connectivity index (χ4v) is 0.960. The van der Waals surface area contributed by atoms with E-state index in [0.29, 0.717) is 5.82 Å². The van der Waals surface area contributed by atoms with Gasteiger partial charge in [0.05, 0.1) is 5.82 Å². The van der Waals surface area contributed by atoms with Gasteiger partial charge in [0, 0.05) is 6.54 Å². The van der Waals surface area contributed by atoms with Crippen molar-refractivity contribution in [2.24, 2.45) is 5.73 Å². The molecule has 0 atom stereocenters. The van der Waals surface area contributed by atoms with E-state index in [1.165, 1.54) is 0 Å². The molecule has 0 saturated heterocycles. The maximum Gasteiger partial charge on any atom is 0.323 e. The van der Waals surface area contributed by atoms with Gasteiger partial charge in [0.1, 0.15) is 6.54 Å². The fourth-order valence-electron chi connectivity index (χ4n) is 0.960. The van der Waals surface area contributed by atoms with Crippen LogP contribution in [-0.2, 0) is 4.79 Å². The van der Waals surface area contributed by atoms with Crippen molar-refractivity contribution in [3.05, 3.63) is 11.9 Å². The van der Waals surface area contributed by atoms with Gasteiger partial charge in [0.15, 0.2) is 0 Å². The van der Waals surface area contributed by atoms with Gasteiger partial charge in [-0.3, -0.25) is 4.79 Å². The lowest BCUT2D eigenvalue weighted by Crippen LogP contribution is -2.29. The normalized spacial score (nSPS) is 17.2. The Morgan fingerprint density at radius 2 is 2.60 bits per heavy atom. The van der Waals surface area contributed by atoms with Gasteiger partial charge in [0.2, 0.25) is 0 Å². The standard InChI is InChI=1S/C6H10N2O2/c7-5-2-1-3-8(5)4-6(9)10/h2H,1,3-4,7H2,(H,9,10). The lowest BCUT2D eigenvalue weighted by Gasteiger charge is -2.15. The highest BCUT2D eigenvalue weighted by Gasteiger charge is 2.13. The van der Waals surface area contributed by atoms with Crippen molar-refractivity contribution >= 4 is 5.97 Å². The summed E-state index contributed by atoms with van der Waals surface area (Å²) in [6, 6.07) is 0. The zero-order valence-electron chi connectivity index (χ0n) is 5.58. The van der Waals surface area contributed by atoms with Gasteiger partial charge in [-0.25, -0.2) is 0 Å². The topological polar surface area (TPSA) is 66.6 Å². The van der Waals surface area contributed by atoms with Crippen LogP contribution in [0, 0.1) is 0 Å². The van der Waals surface area contributed by atoms with E-state index >= 15 is 0 Å². The molecule has 0 spiro atoms. The lowest BCUT2D eigenvalue weighted by molar-refractivity contribution is -0.137. The van der Waals surface area contributed by atoms with Crippen LogP contribution >= 0.6 is 0 Å². The van der Waals surface area contributed by atoms with E-state index in [1.54, 1.807) is 4.90 Å². The first-order valence-electron chi connectivity index (χ1n) is 3.12. The van der Waals surface area contributed by atoms with E-state index in [9.17, 15) is 4.79 Å². The molecule has 0 aromatic carbocycles. The zero-order valence-corrected chi connectivity index (χ0v) is 5.58. The Morgan fingerprint density at radius 1 is 1.90 bits per heavy atom. The van der Waals surface area contributed by atoms with Crippen molar-refractivity contribution in [2.75, 3.05) is 13.1 Å². The molecule has 0 radical (unpaired) electrons. The second-order valence-corrected chi connectivity index (χ2v) is 2.23. The predicted molar refractivity (Wildman–Crippen MR) is 36.1 cm³/mol. The Hall–Kier alpha value is -1.19. The third kappa shape index (κ3) is 1.40. The number of carbonyl (C=O) groups is 1. The molecular formula is C6H10N2O2. The van der Waals surface area contributed by atoms with Crippen LogP contribution in [0.5, 0.6) is 0 Å². The van der Waals surface area contributed by atoms with Gasteiger partial charge in [-0.1, -0.05) is 0 Å². The summed E-state index contributed by atoms with van der Waals surface area (Å²) in [5.41, 5.74) is 5.45. The minimum atomic E-state index is -0.835. The molecule has 4 nitrogen and oxygen atoms in total. The summed E-state index contributed by atoms with van der Waals surface area (Å²) < 4.78 is 0. The van der Waals surface area contributed by atoms with Crippen LogP contribution in [-0.4, -0.2) is 29.1 Å². The fraction of sp³-hybridized carbons (Fsp3) is 0.500. The summed E-state index contributed by atoms with van der Waals surface area (Å²) in [7, 11) is 0. The van der Waals surface area contributed by atoms with E-state index in [2.05, 4.69) is 0 Å². The molecule has 1 heterocycles. The molecule has 0 bridgehead atoms. The minimum absolute atomic E-state index is 0.0162. The summed E-state index contributed by atoms with van der Waals surface area (Å²) in [4.78, 5) is 11.8. The Balaban J connectivity index is 2.43. The first-order valence-corrected chi connectivity index (χ1v) is 3.12. The first-order chi connectivity index (χ1) is 4.70. The Kier molecular flexibility index (Phi) is 1.80. The largest absolute Gasteiger partial charge is 0.480 e. The number of hydrogen-bond donors (Lipinski definition) is 2. The predicted octanol–water partition coefficient (Wildman–Crippen LogP) is -0.423. The molecule has 1 aliphatic heterocycles. The molecule has 1 aliphatic rings. The minimum Gasteiger partial charge on any atom is -0.480 e. The van der Waals surface area contributed by atoms with Crippen molar-refractivity contribution in [1.29, 1.82) is 0 Å². The highest BCUT2D eigenvalue weighted by atomic mass is 16.4. The van der Waals surface area contributed by atoms with E-state index in [-0.39, 0.29) is 6.54 Å². The second-order valence-electron chi connectivity index (χ2n) is 2.23. The molecule has 10 heavy (non-hydrogen) atoms. The number of nitrogens with two attached hydrogens (primary N) is 1. The maximum absolute atomic E-state index is 10.2. The van der Waals surface area contributed by atoms with Gasteiger partial charge >= 0.3 is 5.97 Å². The number of hydrogen-bond acceptors (Lipinski definition) is 3. The van der Waals surface area contributed by atoms with Crippen LogP contribution in [0.3, 0.4) is 0 Å². The van der Waals surface area contributed by atoms with E-state index in [1.807, 2.05) is 6.08 Å². The molecule has 4 heteroatoms. The van der Waals surface area contributed by atoms with Crippen molar-refractivity contribution in [3.8, 4) is 0 Å². The van der Waals surface area contributed by atoms with Gasteiger partial charge in [-0.05, 0) is 12.5 Å². The third-order valence-electron chi connectivity index (χ3n) is 1.44. The molecule has 0 saturated carbocycles. The first kappa shape index (κ1) is 6.92. The number of carboxylic acid groups (broad SMARTS) is 1. The van der Waals surface area contributed by atoms with Crippen LogP contribution < -0.4 is 5.73 Å². The van der Waals surface area contributed by atoms with E-state index < -0.39 is 5.97 Å². The van der Waals surface area contributed by atoms with Crippen LogP contribution in [0.25, 0.3) is 0 Å². The van der Waals surface area contributed by atoms with Crippen LogP contribution in [0.15, 0.2) is 11.9 Å². The SMILES string of the molecule is NC1=CCCN1CC(=O)O. The smallest absolute Gasteiger partial charge is 0.323 e. The number of aliphatic carboxylic acids is 1. The number of nitrogens with zero attached hydrogens (tertiary/aromatic N) is 1. The average Bonchev–Trinajstić information content (AvgIpc) is 2.15. The quantitative estimate of drug-likeness (QED) is 0.549. The summed E-state index contributed by atoms with van der Waals surface area (Å²) in [6.45, 7) is 0.750. The zero-order chi connectivity index (χ0) is 7.56. The number of rotatable bonds is 2. The molecule has 0 fully saturated rings. The molecule has 0 aromatic rings. The maximum atomic E-state index is 10.2. The molecule has 0 amide bonds. The van der Waals surface area contributed by atoms with E-state index in [0.717, 1.165) is 13.0 Å². The third-order valence-corrected chi connectivity index (χ3v) is 1.44. The monoisotopic (exact) mass is 142 g/mol. The lowest BCUT2D eigenvalue weighted by atomic mass is 10.5. The van der Waals surface area contributed by atoms with E-state index in [4.69, 9.17) is 10.8 Å². The molecule has 3 N–H and O–H groups in total. The van der Waals surface area contributed by atoms with Gasteiger partial charge < -0.3 is 15.7 Å². The average molecular weight is 142 g/mol. The van der Waals surface area contributed by atoms with Gasteiger partial charge in [-0.2, -0.15) is 0 Å².